The van der Waals surface area contributed by atoms with Crippen LogP contribution >= 0.6 is 35.3 Å². The van der Waals surface area contributed by atoms with Crippen molar-refractivity contribution >= 4 is 55.5 Å². The van der Waals surface area contributed by atoms with Crippen LogP contribution < -0.4 is 0 Å². The first-order valence-electron chi connectivity index (χ1n) is 9.88. The van der Waals surface area contributed by atoms with Gasteiger partial charge in [-0.25, -0.2) is 9.97 Å². The highest BCUT2D eigenvalue weighted by atomic mass is 32.1. The number of fused-ring (bicyclic) bond motifs is 2. The standard InChI is InChI=1S/C25H22N2S3/c1-14-9-15-5-6-16(12-20(15)30-14)21-23(28)22(27-13-26-21)18-10-17-7-8-29-24(17)19(11-18)25(2,3)4/h5-13,28H,1-4H3. The summed E-state index contributed by atoms with van der Waals surface area (Å²) in [6.45, 7) is 8.92. The Morgan fingerprint density at radius 1 is 0.867 bits per heavy atom. The fourth-order valence-electron chi connectivity index (χ4n) is 3.89. The van der Waals surface area contributed by atoms with E-state index in [0.29, 0.717) is 0 Å². The molecular formula is C25H22N2S3. The van der Waals surface area contributed by atoms with E-state index >= 15 is 0 Å². The van der Waals surface area contributed by atoms with E-state index in [1.54, 1.807) is 17.7 Å². The average molecular weight is 447 g/mol. The molecule has 0 radical (unpaired) electrons. The van der Waals surface area contributed by atoms with E-state index in [1.165, 1.54) is 30.6 Å². The molecule has 0 amide bonds. The summed E-state index contributed by atoms with van der Waals surface area (Å²) in [7, 11) is 0. The number of benzene rings is 2. The summed E-state index contributed by atoms with van der Waals surface area (Å²) in [5.74, 6) is 0. The SMILES string of the molecule is Cc1cc2ccc(-c3ncnc(-c4cc(C(C)(C)C)c5sccc5c4)c3S)cc2s1. The Morgan fingerprint density at radius 3 is 2.40 bits per heavy atom. The van der Waals surface area contributed by atoms with Crippen molar-refractivity contribution < 1.29 is 0 Å². The lowest BCUT2D eigenvalue weighted by molar-refractivity contribution is 0.597. The fourth-order valence-corrected chi connectivity index (χ4v) is 6.33. The lowest BCUT2D eigenvalue weighted by Crippen LogP contribution is -2.11. The molecule has 0 aliphatic carbocycles. The Balaban J connectivity index is 1.69. The molecule has 3 heterocycles. The van der Waals surface area contributed by atoms with Crippen molar-refractivity contribution in [3.05, 3.63) is 64.6 Å². The first-order valence-corrected chi connectivity index (χ1v) is 12.0. The van der Waals surface area contributed by atoms with Crippen molar-refractivity contribution in [2.45, 2.75) is 38.0 Å². The zero-order valence-electron chi connectivity index (χ0n) is 17.4. The molecule has 0 unspecified atom stereocenters. The molecule has 5 heteroatoms. The van der Waals surface area contributed by atoms with Gasteiger partial charge in [-0.15, -0.1) is 35.3 Å². The predicted molar refractivity (Wildman–Crippen MR) is 134 cm³/mol. The highest BCUT2D eigenvalue weighted by Crippen LogP contribution is 2.40. The third kappa shape index (κ3) is 3.35. The molecule has 0 atom stereocenters. The van der Waals surface area contributed by atoms with Gasteiger partial charge in [-0.1, -0.05) is 32.9 Å². The van der Waals surface area contributed by atoms with Crippen LogP contribution in [0.1, 0.15) is 31.2 Å². The van der Waals surface area contributed by atoms with Crippen molar-refractivity contribution in [2.24, 2.45) is 0 Å². The molecule has 0 N–H and O–H groups in total. The van der Waals surface area contributed by atoms with Gasteiger partial charge in [-0.3, -0.25) is 0 Å². The van der Waals surface area contributed by atoms with Gasteiger partial charge < -0.3 is 0 Å². The molecule has 150 valence electrons. The first-order chi connectivity index (χ1) is 14.3. The van der Waals surface area contributed by atoms with Crippen molar-refractivity contribution in [2.75, 3.05) is 0 Å². The Morgan fingerprint density at radius 2 is 1.63 bits per heavy atom. The second kappa shape index (κ2) is 7.19. The molecular weight excluding hydrogens is 424 g/mol. The molecule has 2 nitrogen and oxygen atoms in total. The van der Waals surface area contributed by atoms with Crippen LogP contribution in [0.25, 0.3) is 42.7 Å². The van der Waals surface area contributed by atoms with E-state index in [0.717, 1.165) is 27.4 Å². The number of aromatic nitrogens is 2. The van der Waals surface area contributed by atoms with Gasteiger partial charge in [-0.05, 0) is 64.4 Å². The summed E-state index contributed by atoms with van der Waals surface area (Å²) in [6.07, 6.45) is 1.66. The monoisotopic (exact) mass is 446 g/mol. The van der Waals surface area contributed by atoms with Gasteiger partial charge in [0.2, 0.25) is 0 Å². The Labute approximate surface area is 190 Å². The van der Waals surface area contributed by atoms with Crippen molar-refractivity contribution in [1.82, 2.24) is 9.97 Å². The molecule has 30 heavy (non-hydrogen) atoms. The molecule has 0 aliphatic heterocycles. The Kier molecular flexibility index (Phi) is 4.73. The van der Waals surface area contributed by atoms with Gasteiger partial charge in [0.05, 0.1) is 16.3 Å². The highest BCUT2D eigenvalue weighted by Gasteiger charge is 2.21. The summed E-state index contributed by atoms with van der Waals surface area (Å²) < 4.78 is 2.62. The van der Waals surface area contributed by atoms with Gasteiger partial charge in [-0.2, -0.15) is 0 Å². The second-order valence-electron chi connectivity index (χ2n) is 8.64. The van der Waals surface area contributed by atoms with E-state index < -0.39 is 0 Å². The van der Waals surface area contributed by atoms with Gasteiger partial charge in [0.25, 0.3) is 0 Å². The molecule has 0 saturated heterocycles. The lowest BCUT2D eigenvalue weighted by Gasteiger charge is -2.21. The minimum absolute atomic E-state index is 0.0494. The summed E-state index contributed by atoms with van der Waals surface area (Å²) in [4.78, 5) is 11.4. The number of thiol groups is 1. The second-order valence-corrected chi connectivity index (χ2v) is 11.3. The number of rotatable bonds is 2. The molecule has 0 saturated carbocycles. The van der Waals surface area contributed by atoms with Crippen LogP contribution in [0.15, 0.2) is 59.1 Å². The largest absolute Gasteiger partial charge is 0.235 e. The van der Waals surface area contributed by atoms with E-state index in [4.69, 9.17) is 12.6 Å². The van der Waals surface area contributed by atoms with Crippen molar-refractivity contribution in [3.63, 3.8) is 0 Å². The van der Waals surface area contributed by atoms with Crippen LogP contribution in [-0.2, 0) is 5.41 Å². The van der Waals surface area contributed by atoms with Crippen LogP contribution in [0.4, 0.5) is 0 Å². The Hall–Kier alpha value is -2.21. The zero-order valence-corrected chi connectivity index (χ0v) is 19.9. The molecule has 5 aromatic rings. The highest BCUT2D eigenvalue weighted by molar-refractivity contribution is 7.80. The van der Waals surface area contributed by atoms with Crippen LogP contribution in [0, 0.1) is 6.92 Å². The van der Waals surface area contributed by atoms with E-state index in [9.17, 15) is 0 Å². The third-order valence-corrected chi connectivity index (χ3v) is 7.77. The fraction of sp³-hybridized carbons (Fsp3) is 0.200. The molecule has 0 fully saturated rings. The quantitative estimate of drug-likeness (QED) is 0.277. The van der Waals surface area contributed by atoms with Gasteiger partial charge >= 0.3 is 0 Å². The molecule has 2 aromatic carbocycles. The van der Waals surface area contributed by atoms with Gasteiger partial charge in [0, 0.05) is 25.4 Å². The number of nitrogens with zero attached hydrogens (tertiary/aromatic N) is 2. The maximum Gasteiger partial charge on any atom is 0.116 e. The maximum absolute atomic E-state index is 4.90. The summed E-state index contributed by atoms with van der Waals surface area (Å²) >= 11 is 8.51. The van der Waals surface area contributed by atoms with Crippen molar-refractivity contribution in [3.8, 4) is 22.5 Å². The van der Waals surface area contributed by atoms with E-state index in [2.05, 4.69) is 85.5 Å². The number of hydrogen-bond donors (Lipinski definition) is 1. The van der Waals surface area contributed by atoms with Gasteiger partial charge in [0.1, 0.15) is 6.33 Å². The van der Waals surface area contributed by atoms with Gasteiger partial charge in [0.15, 0.2) is 0 Å². The van der Waals surface area contributed by atoms with Crippen LogP contribution in [0.3, 0.4) is 0 Å². The number of aryl methyl sites for hydroxylation is 1. The molecule has 3 aromatic heterocycles. The molecule has 0 spiro atoms. The zero-order chi connectivity index (χ0) is 21.0. The van der Waals surface area contributed by atoms with E-state index in [-0.39, 0.29) is 5.41 Å². The summed E-state index contributed by atoms with van der Waals surface area (Å²) in [5, 5.41) is 4.69. The lowest BCUT2D eigenvalue weighted by atomic mass is 9.85. The van der Waals surface area contributed by atoms with Crippen LogP contribution in [0.2, 0.25) is 0 Å². The smallest absolute Gasteiger partial charge is 0.116 e. The average Bonchev–Trinajstić information content (AvgIpc) is 3.31. The van der Waals surface area contributed by atoms with Crippen molar-refractivity contribution in [1.29, 1.82) is 0 Å². The minimum Gasteiger partial charge on any atom is -0.235 e. The molecule has 5 rings (SSSR count). The van der Waals surface area contributed by atoms with E-state index in [1.807, 2.05) is 11.3 Å². The topological polar surface area (TPSA) is 25.8 Å². The first kappa shape index (κ1) is 19.7. The normalized spacial score (nSPS) is 12.2. The van der Waals surface area contributed by atoms with Crippen LogP contribution in [-0.4, -0.2) is 9.97 Å². The summed E-state index contributed by atoms with van der Waals surface area (Å²) in [5.41, 5.74) is 5.31. The number of thiophene rings is 2. The minimum atomic E-state index is 0.0494. The maximum atomic E-state index is 4.90. The molecule has 0 aliphatic rings. The number of hydrogen-bond acceptors (Lipinski definition) is 5. The third-order valence-electron chi connectivity index (χ3n) is 5.37. The summed E-state index contributed by atoms with van der Waals surface area (Å²) in [6, 6.07) is 15.4. The Bertz CT molecular complexity index is 1400. The van der Waals surface area contributed by atoms with Crippen LogP contribution in [0.5, 0.6) is 0 Å². The predicted octanol–water partition coefficient (Wildman–Crippen LogP) is 8.13. The molecule has 0 bridgehead atoms.